The first-order chi connectivity index (χ1) is 9.35. The molecule has 1 unspecified atom stereocenters. The van der Waals surface area contributed by atoms with E-state index in [4.69, 9.17) is 4.74 Å². The van der Waals surface area contributed by atoms with Gasteiger partial charge >= 0.3 is 0 Å². The molecule has 2 radical (unpaired) electrons. The molecule has 1 aromatic rings. The number of benzene rings is 1. The van der Waals surface area contributed by atoms with Gasteiger partial charge in [-0.3, -0.25) is 0 Å². The number of para-hydroxylation sites is 1. The van der Waals surface area contributed by atoms with Crippen molar-refractivity contribution in [2.75, 3.05) is 12.0 Å². The normalized spacial score (nSPS) is 23.5. The first-order valence-electron chi connectivity index (χ1n) is 6.77. The summed E-state index contributed by atoms with van der Waals surface area (Å²) < 4.78 is 5.59. The molecule has 5 heteroatoms. The molecule has 1 aliphatic heterocycles. The van der Waals surface area contributed by atoms with Crippen molar-refractivity contribution >= 4 is 29.4 Å². The van der Waals surface area contributed by atoms with Crippen LogP contribution in [0.4, 0.5) is 5.69 Å². The van der Waals surface area contributed by atoms with Crippen LogP contribution in [0.1, 0.15) is 32.1 Å². The zero-order chi connectivity index (χ0) is 13.2. The second kappa shape index (κ2) is 5.85. The molecule has 1 heterocycles. The topological polar surface area (TPSA) is 34.8 Å². The Kier molecular flexibility index (Phi) is 4.15. The summed E-state index contributed by atoms with van der Waals surface area (Å²) in [5, 5.41) is 9.62. The van der Waals surface area contributed by atoms with E-state index in [0.717, 1.165) is 17.7 Å². The zero-order valence-corrected chi connectivity index (χ0v) is 12.7. The van der Waals surface area contributed by atoms with E-state index in [1.165, 1.54) is 42.7 Å². The van der Waals surface area contributed by atoms with Crippen LogP contribution in [-0.2, 0) is 0 Å². The van der Waals surface area contributed by atoms with Crippen LogP contribution >= 0.6 is 23.7 Å². The minimum Gasteiger partial charge on any atom is -0.495 e. The second-order valence-electron chi connectivity index (χ2n) is 5.04. The third kappa shape index (κ3) is 2.43. The highest BCUT2D eigenvalue weighted by atomic mass is 32.2. The number of methoxy groups -OCH3 is 1. The molecule has 1 atom stereocenters. The highest BCUT2D eigenvalue weighted by Gasteiger charge is 2.37. The number of ether oxygens (including phenoxy) is 1. The Labute approximate surface area is 123 Å². The molecule has 3 rings (SSSR count). The molecule has 3 nitrogen and oxygen atoms in total. The van der Waals surface area contributed by atoms with Gasteiger partial charge in [-0.05, 0) is 36.9 Å². The van der Waals surface area contributed by atoms with Crippen LogP contribution in [0.3, 0.4) is 0 Å². The smallest absolute Gasteiger partial charge is 0.144 e. The second-order valence-corrected chi connectivity index (χ2v) is 7.11. The van der Waals surface area contributed by atoms with Crippen LogP contribution in [-0.4, -0.2) is 17.9 Å². The maximum absolute atomic E-state index is 9.62. The molecule has 1 fully saturated rings. The summed E-state index contributed by atoms with van der Waals surface area (Å²) in [5.41, 5.74) is 1.17. The van der Waals surface area contributed by atoms with Crippen molar-refractivity contribution in [1.82, 2.24) is 5.14 Å². The van der Waals surface area contributed by atoms with E-state index in [0.29, 0.717) is 6.04 Å². The van der Waals surface area contributed by atoms with Crippen LogP contribution in [0.5, 0.6) is 5.75 Å². The third-order valence-corrected chi connectivity index (χ3v) is 5.92. The van der Waals surface area contributed by atoms with E-state index in [1.54, 1.807) is 18.9 Å². The van der Waals surface area contributed by atoms with Gasteiger partial charge in [-0.15, -0.1) is 0 Å². The Morgan fingerprint density at radius 3 is 2.79 bits per heavy atom. The number of anilines is 1. The first-order valence-corrected chi connectivity index (χ1v) is 8.49. The summed E-state index contributed by atoms with van der Waals surface area (Å²) in [4.78, 5) is 3.60. The SMILES string of the molecule is COc1cccc2c1N(C1CCCCC1)C(S[N])S2. The summed E-state index contributed by atoms with van der Waals surface area (Å²) in [7, 11) is 1.72. The summed E-state index contributed by atoms with van der Waals surface area (Å²) in [5.74, 6) is 0.923. The van der Waals surface area contributed by atoms with Crippen molar-refractivity contribution in [3.8, 4) is 5.75 Å². The average Bonchev–Trinajstić information content (AvgIpc) is 2.86. The summed E-state index contributed by atoms with van der Waals surface area (Å²) >= 11 is 2.67. The Bertz CT molecular complexity index is 449. The monoisotopic (exact) mass is 294 g/mol. The van der Waals surface area contributed by atoms with Gasteiger partial charge in [0.15, 0.2) is 0 Å². The van der Waals surface area contributed by atoms with Gasteiger partial charge in [-0.2, -0.15) is 0 Å². The Morgan fingerprint density at radius 1 is 1.32 bits per heavy atom. The summed E-state index contributed by atoms with van der Waals surface area (Å²) in [6, 6.07) is 6.69. The van der Waals surface area contributed by atoms with E-state index < -0.39 is 0 Å². The molecule has 1 aliphatic carbocycles. The molecule has 0 bridgehead atoms. The van der Waals surface area contributed by atoms with Crippen molar-refractivity contribution in [2.45, 2.75) is 47.7 Å². The van der Waals surface area contributed by atoms with Gasteiger partial charge in [0.05, 0.1) is 12.8 Å². The molecule has 1 aromatic carbocycles. The Balaban J connectivity index is 1.97. The standard InChI is InChI=1S/C14H18N2OS2/c1-17-11-8-5-9-12-13(11)16(14(18-12)19-15)10-6-3-2-4-7-10/h5,8-10,14H,2-4,6-7H2,1H3. The summed E-state index contributed by atoms with van der Waals surface area (Å²) in [6.07, 6.45) is 6.36. The maximum atomic E-state index is 9.62. The lowest BCUT2D eigenvalue weighted by Gasteiger charge is -2.36. The van der Waals surface area contributed by atoms with Gasteiger partial charge < -0.3 is 9.64 Å². The van der Waals surface area contributed by atoms with Crippen molar-refractivity contribution in [1.29, 1.82) is 0 Å². The molecule has 0 N–H and O–H groups in total. The van der Waals surface area contributed by atoms with E-state index >= 15 is 0 Å². The molecule has 1 saturated carbocycles. The highest BCUT2D eigenvalue weighted by Crippen LogP contribution is 2.53. The lowest BCUT2D eigenvalue weighted by molar-refractivity contribution is 0.398. The van der Waals surface area contributed by atoms with E-state index in [-0.39, 0.29) is 4.71 Å². The number of thioether (sulfide) groups is 1. The van der Waals surface area contributed by atoms with Crippen LogP contribution in [0.25, 0.3) is 0 Å². The van der Waals surface area contributed by atoms with Crippen LogP contribution in [0, 0.1) is 0 Å². The fourth-order valence-corrected chi connectivity index (χ4v) is 5.02. The summed E-state index contributed by atoms with van der Waals surface area (Å²) in [6.45, 7) is 0. The number of fused-ring (bicyclic) bond motifs is 1. The lowest BCUT2D eigenvalue weighted by Crippen LogP contribution is -2.39. The van der Waals surface area contributed by atoms with Crippen molar-refractivity contribution in [3.05, 3.63) is 18.2 Å². The molecular formula is C14H18N2OS2. The fraction of sp³-hybridized carbons (Fsp3) is 0.571. The molecule has 0 aromatic heterocycles. The molecular weight excluding hydrogens is 276 g/mol. The number of hydrogen-bond donors (Lipinski definition) is 0. The third-order valence-electron chi connectivity index (χ3n) is 3.95. The van der Waals surface area contributed by atoms with Crippen LogP contribution in [0.15, 0.2) is 23.1 Å². The molecule has 19 heavy (non-hydrogen) atoms. The molecule has 2 aliphatic rings. The van der Waals surface area contributed by atoms with Crippen LogP contribution < -0.4 is 14.8 Å². The van der Waals surface area contributed by atoms with E-state index in [2.05, 4.69) is 11.0 Å². The average molecular weight is 294 g/mol. The molecule has 0 amide bonds. The first kappa shape index (κ1) is 13.5. The largest absolute Gasteiger partial charge is 0.495 e. The zero-order valence-electron chi connectivity index (χ0n) is 11.0. The van der Waals surface area contributed by atoms with Gasteiger partial charge in [0.1, 0.15) is 10.5 Å². The molecule has 0 saturated heterocycles. The molecule has 0 spiro atoms. The quantitative estimate of drug-likeness (QED) is 0.791. The molecule has 102 valence electrons. The van der Waals surface area contributed by atoms with E-state index in [9.17, 15) is 5.14 Å². The Morgan fingerprint density at radius 2 is 2.11 bits per heavy atom. The number of nitrogens with zero attached hydrogens (tertiary/aromatic N) is 2. The van der Waals surface area contributed by atoms with Gasteiger partial charge in [0.2, 0.25) is 0 Å². The van der Waals surface area contributed by atoms with E-state index in [1.807, 2.05) is 12.1 Å². The predicted molar refractivity (Wildman–Crippen MR) is 81.7 cm³/mol. The number of hydrogen-bond acceptors (Lipinski definition) is 4. The fourth-order valence-electron chi connectivity index (χ4n) is 3.07. The minimum atomic E-state index is 0.0643. The van der Waals surface area contributed by atoms with Gasteiger partial charge in [0, 0.05) is 10.9 Å². The van der Waals surface area contributed by atoms with Gasteiger partial charge in [0.25, 0.3) is 0 Å². The Hall–Kier alpha value is -0.520. The maximum Gasteiger partial charge on any atom is 0.144 e. The van der Waals surface area contributed by atoms with Crippen LogP contribution in [0.2, 0.25) is 0 Å². The van der Waals surface area contributed by atoms with Crippen molar-refractivity contribution in [3.63, 3.8) is 0 Å². The van der Waals surface area contributed by atoms with Crippen molar-refractivity contribution < 1.29 is 4.74 Å². The highest BCUT2D eigenvalue weighted by molar-refractivity contribution is 8.16. The minimum absolute atomic E-state index is 0.0643. The van der Waals surface area contributed by atoms with Gasteiger partial charge in [-0.1, -0.05) is 42.2 Å². The lowest BCUT2D eigenvalue weighted by atomic mass is 9.94. The predicted octanol–water partition coefficient (Wildman–Crippen LogP) is 3.94. The van der Waals surface area contributed by atoms with Gasteiger partial charge in [-0.25, -0.2) is 0 Å². The number of rotatable bonds is 3. The van der Waals surface area contributed by atoms with Crippen molar-refractivity contribution in [2.24, 2.45) is 0 Å².